The summed E-state index contributed by atoms with van der Waals surface area (Å²) >= 11 is 0. The minimum absolute atomic E-state index is 0.177. The summed E-state index contributed by atoms with van der Waals surface area (Å²) in [7, 11) is -3.99. The second kappa shape index (κ2) is 20.4. The van der Waals surface area contributed by atoms with E-state index in [1.54, 1.807) is 26.0 Å². The molecule has 0 radical (unpaired) electrons. The summed E-state index contributed by atoms with van der Waals surface area (Å²) < 4.78 is 31.7. The molecule has 9 heteroatoms. The third-order valence-electron chi connectivity index (χ3n) is 4.18. The van der Waals surface area contributed by atoms with Crippen molar-refractivity contribution in [3.8, 4) is 0 Å². The molecule has 0 spiro atoms. The van der Waals surface area contributed by atoms with E-state index in [1.807, 2.05) is 0 Å². The van der Waals surface area contributed by atoms with Gasteiger partial charge in [0.2, 0.25) is 0 Å². The van der Waals surface area contributed by atoms with Crippen molar-refractivity contribution in [2.45, 2.75) is 78.1 Å². The molecule has 1 N–H and O–H groups in total. The van der Waals surface area contributed by atoms with Gasteiger partial charge < -0.3 is 14.4 Å². The Bertz CT molecular complexity index is 528. The maximum absolute atomic E-state index is 11.8. The van der Waals surface area contributed by atoms with E-state index in [0.29, 0.717) is 26.1 Å². The lowest BCUT2D eigenvalue weighted by molar-refractivity contribution is -0.138. The fourth-order valence-electron chi connectivity index (χ4n) is 2.58. The van der Waals surface area contributed by atoms with Gasteiger partial charge in [-0.15, -0.1) is 0 Å². The lowest BCUT2D eigenvalue weighted by Crippen LogP contribution is -2.02. The number of hydrogen-bond acceptors (Lipinski definition) is 7. The largest absolute Gasteiger partial charge is 0.472 e. The van der Waals surface area contributed by atoms with E-state index in [4.69, 9.17) is 18.5 Å². The molecule has 0 aliphatic heterocycles. The molecule has 0 saturated carbocycles. The Balaban J connectivity index is 3.46. The highest BCUT2D eigenvalue weighted by Crippen LogP contribution is 2.43. The average molecular weight is 463 g/mol. The fraction of sp³-hybridized carbons (Fsp3) is 0.727. The maximum Gasteiger partial charge on any atom is 0.472 e. The number of carbonyl (C=O) groups is 2. The minimum Gasteiger partial charge on any atom is -0.463 e. The molecule has 0 aliphatic carbocycles. The van der Waals surface area contributed by atoms with Gasteiger partial charge in [-0.05, 0) is 39.5 Å². The van der Waals surface area contributed by atoms with Gasteiger partial charge in [-0.1, -0.05) is 50.7 Å². The van der Waals surface area contributed by atoms with E-state index in [0.717, 1.165) is 51.4 Å². The SMILES string of the molecule is C/C=C/C(=O)OCCCCCCCOP(=O)(O)OCCCCCCCOC(=O)/C=C/C. The number of phosphoric acid groups is 1. The second-order valence-electron chi connectivity index (χ2n) is 7.01. The molecule has 0 saturated heterocycles. The molecule has 8 nitrogen and oxygen atoms in total. The molecule has 0 rings (SSSR count). The van der Waals surface area contributed by atoms with Crippen LogP contribution < -0.4 is 0 Å². The van der Waals surface area contributed by atoms with E-state index in [1.165, 1.54) is 12.2 Å². The molecule has 180 valence electrons. The van der Waals surface area contributed by atoms with E-state index in [2.05, 4.69) is 0 Å². The van der Waals surface area contributed by atoms with Crippen molar-refractivity contribution in [3.05, 3.63) is 24.3 Å². The van der Waals surface area contributed by atoms with Crippen LogP contribution in [0.15, 0.2) is 24.3 Å². The molecule has 0 amide bonds. The van der Waals surface area contributed by atoms with E-state index < -0.39 is 7.82 Å². The number of unbranched alkanes of at least 4 members (excludes halogenated alkanes) is 8. The monoisotopic (exact) mass is 462 g/mol. The summed E-state index contributed by atoms with van der Waals surface area (Å²) in [6, 6.07) is 0. The van der Waals surface area contributed by atoms with Crippen LogP contribution in [0.1, 0.15) is 78.1 Å². The zero-order chi connectivity index (χ0) is 23.2. The molecular formula is C22H39O8P. The van der Waals surface area contributed by atoms with Crippen molar-refractivity contribution in [1.29, 1.82) is 0 Å². The smallest absolute Gasteiger partial charge is 0.463 e. The van der Waals surface area contributed by atoms with Crippen LogP contribution in [0.4, 0.5) is 0 Å². The Morgan fingerprint density at radius 2 is 0.968 bits per heavy atom. The van der Waals surface area contributed by atoms with Gasteiger partial charge in [0.15, 0.2) is 0 Å². The van der Waals surface area contributed by atoms with Crippen molar-refractivity contribution in [2.75, 3.05) is 26.4 Å². The molecule has 0 unspecified atom stereocenters. The number of phosphoric ester groups is 1. The molecule has 0 aromatic carbocycles. The topological polar surface area (TPSA) is 108 Å². The Kier molecular flexibility index (Phi) is 19.5. The van der Waals surface area contributed by atoms with Crippen molar-refractivity contribution >= 4 is 19.8 Å². The van der Waals surface area contributed by atoms with Crippen LogP contribution in [0.2, 0.25) is 0 Å². The quantitative estimate of drug-likeness (QED) is 0.113. The van der Waals surface area contributed by atoms with Gasteiger partial charge in [0, 0.05) is 12.2 Å². The summed E-state index contributed by atoms with van der Waals surface area (Å²) in [5, 5.41) is 0. The summed E-state index contributed by atoms with van der Waals surface area (Å²) in [6.07, 6.45) is 14.5. The molecule has 31 heavy (non-hydrogen) atoms. The van der Waals surface area contributed by atoms with Gasteiger partial charge >= 0.3 is 19.8 Å². The summed E-state index contributed by atoms with van der Waals surface area (Å²) in [6.45, 7) is 4.69. The number of esters is 2. The lowest BCUT2D eigenvalue weighted by Gasteiger charge is -2.12. The second-order valence-corrected chi connectivity index (χ2v) is 8.46. The van der Waals surface area contributed by atoms with Crippen LogP contribution in [-0.2, 0) is 32.7 Å². The van der Waals surface area contributed by atoms with Gasteiger partial charge in [0.05, 0.1) is 26.4 Å². The van der Waals surface area contributed by atoms with E-state index >= 15 is 0 Å². The van der Waals surface area contributed by atoms with Crippen molar-refractivity contribution in [3.63, 3.8) is 0 Å². The van der Waals surface area contributed by atoms with Gasteiger partial charge in [0.1, 0.15) is 0 Å². The number of allylic oxidation sites excluding steroid dienone is 2. The first kappa shape index (κ1) is 29.5. The average Bonchev–Trinajstić information content (AvgIpc) is 2.71. The predicted molar refractivity (Wildman–Crippen MR) is 119 cm³/mol. The van der Waals surface area contributed by atoms with Crippen molar-refractivity contribution in [1.82, 2.24) is 0 Å². The summed E-state index contributed by atoms with van der Waals surface area (Å²) in [5.74, 6) is -0.643. The van der Waals surface area contributed by atoms with Crippen LogP contribution in [-0.4, -0.2) is 43.3 Å². The first-order valence-corrected chi connectivity index (χ1v) is 12.6. The van der Waals surface area contributed by atoms with E-state index in [9.17, 15) is 19.0 Å². The predicted octanol–water partition coefficient (Wildman–Crippen LogP) is 5.26. The Hall–Kier alpha value is -1.47. The van der Waals surface area contributed by atoms with Gasteiger partial charge in [-0.2, -0.15) is 0 Å². The highest BCUT2D eigenvalue weighted by atomic mass is 31.2. The molecule has 0 aromatic rings. The Labute approximate surface area is 186 Å². The van der Waals surface area contributed by atoms with Gasteiger partial charge in [0.25, 0.3) is 0 Å². The summed E-state index contributed by atoms with van der Waals surface area (Å²) in [5.41, 5.74) is 0. The number of rotatable bonds is 20. The Morgan fingerprint density at radius 1 is 0.645 bits per heavy atom. The van der Waals surface area contributed by atoms with Crippen LogP contribution in [0, 0.1) is 0 Å². The standard InChI is InChI=1S/C22H39O8P/c1-3-15-21(23)27-17-11-7-5-9-13-19-29-31(25,26)30-20-14-10-6-8-12-18-28-22(24)16-4-2/h3-4,15-16H,5-14,17-20H2,1-2H3,(H,25,26)/b15-3+,16-4+. The number of ether oxygens (including phenoxy) is 2. The lowest BCUT2D eigenvalue weighted by atomic mass is 10.1. The van der Waals surface area contributed by atoms with Gasteiger partial charge in [-0.3, -0.25) is 9.05 Å². The molecule has 0 fully saturated rings. The molecule has 0 atom stereocenters. The maximum atomic E-state index is 11.8. The Morgan fingerprint density at radius 3 is 1.32 bits per heavy atom. The highest BCUT2D eigenvalue weighted by molar-refractivity contribution is 7.47. The van der Waals surface area contributed by atoms with Crippen LogP contribution in [0.5, 0.6) is 0 Å². The molecule has 0 aromatic heterocycles. The summed E-state index contributed by atoms with van der Waals surface area (Å²) in [4.78, 5) is 31.9. The van der Waals surface area contributed by atoms with Crippen molar-refractivity contribution in [2.24, 2.45) is 0 Å². The molecule has 0 heterocycles. The first-order chi connectivity index (χ1) is 14.9. The molecule has 0 aliphatic rings. The van der Waals surface area contributed by atoms with Crippen LogP contribution in [0.3, 0.4) is 0 Å². The molecular weight excluding hydrogens is 423 g/mol. The fourth-order valence-corrected chi connectivity index (χ4v) is 3.37. The zero-order valence-electron chi connectivity index (χ0n) is 19.0. The number of carbonyl (C=O) groups excluding carboxylic acids is 2. The zero-order valence-corrected chi connectivity index (χ0v) is 19.9. The number of hydrogen-bond donors (Lipinski definition) is 1. The first-order valence-electron chi connectivity index (χ1n) is 11.1. The van der Waals surface area contributed by atoms with Gasteiger partial charge in [-0.25, -0.2) is 14.2 Å². The van der Waals surface area contributed by atoms with Crippen molar-refractivity contribution < 1.29 is 37.6 Å². The van der Waals surface area contributed by atoms with Crippen LogP contribution >= 0.6 is 7.82 Å². The highest BCUT2D eigenvalue weighted by Gasteiger charge is 2.19. The third-order valence-corrected chi connectivity index (χ3v) is 5.20. The van der Waals surface area contributed by atoms with E-state index in [-0.39, 0.29) is 25.2 Å². The minimum atomic E-state index is -3.99. The normalized spacial score (nSPS) is 12.0. The third kappa shape index (κ3) is 21.5. The molecule has 0 bridgehead atoms. The van der Waals surface area contributed by atoms with Crippen LogP contribution in [0.25, 0.3) is 0 Å².